The molecule has 1 aliphatic rings. The van der Waals surface area contributed by atoms with Gasteiger partial charge >= 0.3 is 0 Å². The third kappa shape index (κ3) is 3.80. The van der Waals surface area contributed by atoms with E-state index in [4.69, 9.17) is 5.73 Å². The zero-order valence-corrected chi connectivity index (χ0v) is 17.8. The highest BCUT2D eigenvalue weighted by Gasteiger charge is 2.12. The molecule has 4 aromatic rings. The van der Waals surface area contributed by atoms with Crippen molar-refractivity contribution in [2.75, 3.05) is 18.8 Å². The van der Waals surface area contributed by atoms with E-state index in [1.54, 1.807) is 11.3 Å². The highest BCUT2D eigenvalue weighted by Crippen LogP contribution is 2.37. The van der Waals surface area contributed by atoms with Crippen LogP contribution in [0.3, 0.4) is 0 Å². The standard InChI is InChI=1S/C24H21N5OS/c1-14-7-15(11-26-10-14)12-27-24(30)18-4-2-3-16(8-18)17-5-6-19-20(9-17)31-22-21(19)28-13-29-23(22)25/h2-9,11,13-14H,10,12H2,1H3,(H,27,30)(H2,25,28,29). The molecular weight excluding hydrogens is 406 g/mol. The maximum absolute atomic E-state index is 12.7. The quantitative estimate of drug-likeness (QED) is 0.502. The van der Waals surface area contributed by atoms with E-state index in [9.17, 15) is 4.79 Å². The number of hydrogen-bond donors (Lipinski definition) is 2. The van der Waals surface area contributed by atoms with Gasteiger partial charge in [0, 0.05) is 35.0 Å². The summed E-state index contributed by atoms with van der Waals surface area (Å²) in [5.74, 6) is 0.810. The molecule has 0 aliphatic carbocycles. The molecule has 6 nitrogen and oxygen atoms in total. The van der Waals surface area contributed by atoms with Gasteiger partial charge in [0.1, 0.15) is 12.1 Å². The van der Waals surface area contributed by atoms with E-state index in [1.807, 2.05) is 30.5 Å². The number of rotatable bonds is 4. The van der Waals surface area contributed by atoms with Crippen LogP contribution in [-0.4, -0.2) is 35.2 Å². The molecule has 0 saturated heterocycles. The zero-order valence-electron chi connectivity index (χ0n) is 17.0. The van der Waals surface area contributed by atoms with E-state index in [1.165, 1.54) is 6.33 Å². The molecule has 1 aliphatic heterocycles. The van der Waals surface area contributed by atoms with Gasteiger partial charge in [-0.1, -0.05) is 37.3 Å². The van der Waals surface area contributed by atoms with Gasteiger partial charge in [0.25, 0.3) is 5.91 Å². The molecule has 0 saturated carbocycles. The fraction of sp³-hybridized carbons (Fsp3) is 0.167. The first-order valence-electron chi connectivity index (χ1n) is 10.1. The second-order valence-electron chi connectivity index (χ2n) is 7.73. The minimum absolute atomic E-state index is 0.0969. The van der Waals surface area contributed by atoms with Gasteiger partial charge in [0.15, 0.2) is 0 Å². The highest BCUT2D eigenvalue weighted by atomic mass is 32.1. The lowest BCUT2D eigenvalue weighted by atomic mass is 10.0. The monoisotopic (exact) mass is 427 g/mol. The van der Waals surface area contributed by atoms with Crippen LogP contribution < -0.4 is 11.1 Å². The molecule has 0 bridgehead atoms. The fourth-order valence-corrected chi connectivity index (χ4v) is 4.90. The van der Waals surface area contributed by atoms with Crippen LogP contribution in [0.5, 0.6) is 0 Å². The van der Waals surface area contributed by atoms with Gasteiger partial charge < -0.3 is 11.1 Å². The molecule has 31 heavy (non-hydrogen) atoms. The van der Waals surface area contributed by atoms with Gasteiger partial charge in [-0.3, -0.25) is 9.79 Å². The normalized spacial score (nSPS) is 15.9. The maximum atomic E-state index is 12.7. The molecule has 1 amide bonds. The third-order valence-electron chi connectivity index (χ3n) is 5.34. The number of nitrogens with two attached hydrogens (primary N) is 1. The van der Waals surface area contributed by atoms with Crippen LogP contribution in [0.15, 0.2) is 65.4 Å². The number of carbonyl (C=O) groups excluding carboxylic acids is 1. The summed E-state index contributed by atoms with van der Waals surface area (Å²) in [7, 11) is 0. The van der Waals surface area contributed by atoms with Crippen molar-refractivity contribution in [3.8, 4) is 11.1 Å². The van der Waals surface area contributed by atoms with Crippen LogP contribution in [0.4, 0.5) is 5.82 Å². The number of fused-ring (bicyclic) bond motifs is 3. The summed E-state index contributed by atoms with van der Waals surface area (Å²) in [6.07, 6.45) is 5.49. The third-order valence-corrected chi connectivity index (χ3v) is 6.50. The Hall–Kier alpha value is -3.58. The Balaban J connectivity index is 1.41. The Morgan fingerprint density at radius 1 is 1.19 bits per heavy atom. The molecule has 1 unspecified atom stereocenters. The number of thiophene rings is 1. The zero-order chi connectivity index (χ0) is 21.4. The van der Waals surface area contributed by atoms with Crippen molar-refractivity contribution in [2.24, 2.45) is 10.9 Å². The smallest absolute Gasteiger partial charge is 0.251 e. The van der Waals surface area contributed by atoms with Crippen LogP contribution in [0.1, 0.15) is 17.3 Å². The fourth-order valence-electron chi connectivity index (χ4n) is 3.80. The lowest BCUT2D eigenvalue weighted by Gasteiger charge is -2.13. The number of nitrogens with one attached hydrogen (secondary N) is 1. The number of nitrogen functional groups attached to an aromatic ring is 1. The first-order chi connectivity index (χ1) is 15.1. The average molecular weight is 428 g/mol. The van der Waals surface area contributed by atoms with Crippen molar-refractivity contribution in [1.82, 2.24) is 15.3 Å². The van der Waals surface area contributed by atoms with E-state index in [2.05, 4.69) is 51.5 Å². The molecule has 154 valence electrons. The van der Waals surface area contributed by atoms with Gasteiger partial charge in [0.05, 0.1) is 10.2 Å². The number of dihydropyridines is 1. The largest absolute Gasteiger partial charge is 0.382 e. The first kappa shape index (κ1) is 19.4. The summed E-state index contributed by atoms with van der Waals surface area (Å²) in [5, 5.41) is 4.05. The van der Waals surface area contributed by atoms with Gasteiger partial charge in [-0.15, -0.1) is 11.3 Å². The van der Waals surface area contributed by atoms with E-state index in [0.717, 1.165) is 43.5 Å². The Kier molecular flexibility index (Phi) is 4.95. The lowest BCUT2D eigenvalue weighted by Crippen LogP contribution is -2.27. The number of anilines is 1. The molecule has 3 N–H and O–H groups in total. The Morgan fingerprint density at radius 3 is 2.94 bits per heavy atom. The summed E-state index contributed by atoms with van der Waals surface area (Å²) in [4.78, 5) is 25.5. The van der Waals surface area contributed by atoms with Gasteiger partial charge in [-0.25, -0.2) is 9.97 Å². The van der Waals surface area contributed by atoms with Crippen molar-refractivity contribution >= 4 is 49.6 Å². The molecule has 1 atom stereocenters. The summed E-state index contributed by atoms with van der Waals surface area (Å²) in [6, 6.07) is 13.9. The van der Waals surface area contributed by atoms with Crippen LogP contribution in [0, 0.1) is 5.92 Å². The van der Waals surface area contributed by atoms with Crippen LogP contribution in [0.2, 0.25) is 0 Å². The Labute approximate surface area is 183 Å². The Bertz CT molecular complexity index is 1370. The second kappa shape index (κ2) is 7.92. The molecule has 2 aromatic heterocycles. The van der Waals surface area contributed by atoms with Crippen molar-refractivity contribution in [3.05, 3.63) is 66.0 Å². The Morgan fingerprint density at radius 2 is 2.06 bits per heavy atom. The van der Waals surface area contributed by atoms with Gasteiger partial charge in [-0.05, 0) is 40.8 Å². The van der Waals surface area contributed by atoms with Gasteiger partial charge in [-0.2, -0.15) is 0 Å². The number of nitrogens with zero attached hydrogens (tertiary/aromatic N) is 3. The molecule has 3 heterocycles. The van der Waals surface area contributed by atoms with E-state index < -0.39 is 0 Å². The molecule has 2 aromatic carbocycles. The first-order valence-corrected chi connectivity index (χ1v) is 10.9. The average Bonchev–Trinajstić information content (AvgIpc) is 3.17. The van der Waals surface area contributed by atoms with Crippen molar-refractivity contribution < 1.29 is 4.79 Å². The summed E-state index contributed by atoms with van der Waals surface area (Å²) in [6.45, 7) is 3.41. The minimum atomic E-state index is -0.0969. The summed E-state index contributed by atoms with van der Waals surface area (Å²) in [5.41, 5.74) is 10.6. The molecular formula is C24H21N5OS. The summed E-state index contributed by atoms with van der Waals surface area (Å²) < 4.78 is 1.99. The summed E-state index contributed by atoms with van der Waals surface area (Å²) >= 11 is 1.58. The molecule has 5 rings (SSSR count). The predicted molar refractivity (Wildman–Crippen MR) is 128 cm³/mol. The van der Waals surface area contributed by atoms with E-state index in [-0.39, 0.29) is 5.91 Å². The predicted octanol–water partition coefficient (Wildman–Crippen LogP) is 4.47. The molecule has 0 spiro atoms. The minimum Gasteiger partial charge on any atom is -0.382 e. The highest BCUT2D eigenvalue weighted by molar-refractivity contribution is 7.26. The SMILES string of the molecule is CC1C=C(CNC(=O)c2cccc(-c3ccc4c(c3)sc3c(N)ncnc34)c2)C=NC1. The topological polar surface area (TPSA) is 93.3 Å². The number of aliphatic imine (C=N–C) groups is 1. The van der Waals surface area contributed by atoms with E-state index in [0.29, 0.717) is 23.8 Å². The maximum Gasteiger partial charge on any atom is 0.251 e. The number of amides is 1. The number of carbonyl (C=O) groups is 1. The van der Waals surface area contributed by atoms with E-state index >= 15 is 0 Å². The number of aromatic nitrogens is 2. The number of hydrogen-bond acceptors (Lipinski definition) is 6. The molecule has 0 fully saturated rings. The van der Waals surface area contributed by atoms with Crippen molar-refractivity contribution in [1.29, 1.82) is 0 Å². The van der Waals surface area contributed by atoms with Crippen LogP contribution >= 0.6 is 11.3 Å². The van der Waals surface area contributed by atoms with Crippen LogP contribution in [0.25, 0.3) is 31.4 Å². The van der Waals surface area contributed by atoms with Crippen molar-refractivity contribution in [3.63, 3.8) is 0 Å². The second-order valence-corrected chi connectivity index (χ2v) is 8.78. The van der Waals surface area contributed by atoms with Crippen LogP contribution in [-0.2, 0) is 0 Å². The molecule has 0 radical (unpaired) electrons. The van der Waals surface area contributed by atoms with Gasteiger partial charge in [0.2, 0.25) is 0 Å². The number of benzene rings is 2. The van der Waals surface area contributed by atoms with Crippen molar-refractivity contribution in [2.45, 2.75) is 6.92 Å². The molecule has 7 heteroatoms. The lowest BCUT2D eigenvalue weighted by molar-refractivity contribution is 0.0957.